The van der Waals surface area contributed by atoms with E-state index in [0.717, 1.165) is 25.7 Å². The zero-order chi connectivity index (χ0) is 12.8. The normalized spacial score (nSPS) is 10.8. The molecule has 1 aromatic heterocycles. The van der Waals surface area contributed by atoms with Crippen LogP contribution in [-0.2, 0) is 0 Å². The van der Waals surface area contributed by atoms with Crippen LogP contribution in [0.5, 0.6) is 5.88 Å². The first kappa shape index (κ1) is 13.5. The first-order valence-electron chi connectivity index (χ1n) is 5.92. The van der Waals surface area contributed by atoms with Crippen molar-refractivity contribution < 1.29 is 14.6 Å². The van der Waals surface area contributed by atoms with Gasteiger partial charge in [-0.15, -0.1) is 0 Å². The lowest BCUT2D eigenvalue weighted by Gasteiger charge is -2.16. The first-order valence-corrected chi connectivity index (χ1v) is 5.92. The lowest BCUT2D eigenvalue weighted by atomic mass is 10.1. The molecule has 0 aliphatic rings. The lowest BCUT2D eigenvalue weighted by molar-refractivity contribution is 0.142. The quantitative estimate of drug-likeness (QED) is 0.775. The standard InChI is InChI=1S/C11H19N3O3/c1-4-6-9(7-5-2)14-8(3)10(12-13-14)17-11(15)16/h9H,4-7H2,1-3H3,(H,15,16). The minimum absolute atomic E-state index is 0.0784. The number of nitrogens with zero attached hydrogens (tertiary/aromatic N) is 3. The second-order valence-corrected chi connectivity index (χ2v) is 4.02. The number of hydrogen-bond acceptors (Lipinski definition) is 4. The van der Waals surface area contributed by atoms with Gasteiger partial charge >= 0.3 is 6.16 Å². The van der Waals surface area contributed by atoms with Gasteiger partial charge in [-0.25, -0.2) is 9.48 Å². The molecule has 17 heavy (non-hydrogen) atoms. The zero-order valence-corrected chi connectivity index (χ0v) is 10.5. The molecule has 6 nitrogen and oxygen atoms in total. The molecule has 0 fully saturated rings. The van der Waals surface area contributed by atoms with Crippen molar-refractivity contribution in [2.75, 3.05) is 0 Å². The fourth-order valence-corrected chi connectivity index (χ4v) is 1.91. The van der Waals surface area contributed by atoms with Gasteiger partial charge in [0.15, 0.2) is 0 Å². The molecule has 0 unspecified atom stereocenters. The number of carboxylic acid groups (broad SMARTS) is 1. The van der Waals surface area contributed by atoms with Gasteiger partial charge in [0.05, 0.1) is 6.04 Å². The molecule has 0 amide bonds. The Kier molecular flexibility index (Phi) is 4.93. The van der Waals surface area contributed by atoms with Crippen LogP contribution in [-0.4, -0.2) is 26.3 Å². The minimum atomic E-state index is -1.36. The summed E-state index contributed by atoms with van der Waals surface area (Å²) >= 11 is 0. The highest BCUT2D eigenvalue weighted by molar-refractivity contribution is 5.60. The monoisotopic (exact) mass is 241 g/mol. The average molecular weight is 241 g/mol. The Hall–Kier alpha value is -1.59. The Morgan fingerprint density at radius 2 is 2.00 bits per heavy atom. The molecule has 0 saturated carbocycles. The molecule has 0 radical (unpaired) electrons. The molecule has 0 spiro atoms. The van der Waals surface area contributed by atoms with Gasteiger partial charge in [0.1, 0.15) is 5.69 Å². The predicted molar refractivity (Wildman–Crippen MR) is 62.3 cm³/mol. The summed E-state index contributed by atoms with van der Waals surface area (Å²) in [5, 5.41) is 16.3. The highest BCUT2D eigenvalue weighted by Crippen LogP contribution is 2.24. The molecular weight excluding hydrogens is 222 g/mol. The number of aromatic nitrogens is 3. The third-order valence-corrected chi connectivity index (χ3v) is 2.66. The van der Waals surface area contributed by atoms with E-state index in [-0.39, 0.29) is 11.9 Å². The molecule has 6 heteroatoms. The molecule has 1 N–H and O–H groups in total. The molecular formula is C11H19N3O3. The van der Waals surface area contributed by atoms with E-state index in [9.17, 15) is 4.79 Å². The Balaban J connectivity index is 2.88. The summed E-state index contributed by atoms with van der Waals surface area (Å²) in [4.78, 5) is 10.5. The Morgan fingerprint density at radius 3 is 2.47 bits per heavy atom. The van der Waals surface area contributed by atoms with E-state index in [1.807, 2.05) is 0 Å². The van der Waals surface area contributed by atoms with Crippen molar-refractivity contribution in [1.29, 1.82) is 0 Å². The SMILES string of the molecule is CCCC(CCC)n1nnc(OC(=O)O)c1C. The van der Waals surface area contributed by atoms with E-state index >= 15 is 0 Å². The number of carbonyl (C=O) groups is 1. The number of ether oxygens (including phenoxy) is 1. The summed E-state index contributed by atoms with van der Waals surface area (Å²) in [6, 6.07) is 0.267. The molecule has 1 rings (SSSR count). The van der Waals surface area contributed by atoms with Gasteiger partial charge < -0.3 is 9.84 Å². The maximum absolute atomic E-state index is 10.5. The van der Waals surface area contributed by atoms with E-state index in [0.29, 0.717) is 5.69 Å². The van der Waals surface area contributed by atoms with E-state index < -0.39 is 6.16 Å². The molecule has 0 aliphatic carbocycles. The third kappa shape index (κ3) is 3.44. The summed E-state index contributed by atoms with van der Waals surface area (Å²) in [5.41, 5.74) is 0.666. The van der Waals surface area contributed by atoms with Crippen molar-refractivity contribution in [2.45, 2.75) is 52.5 Å². The van der Waals surface area contributed by atoms with E-state index in [1.54, 1.807) is 11.6 Å². The average Bonchev–Trinajstić information content (AvgIpc) is 2.60. The second-order valence-electron chi connectivity index (χ2n) is 4.02. The van der Waals surface area contributed by atoms with Crippen LogP contribution >= 0.6 is 0 Å². The van der Waals surface area contributed by atoms with E-state index in [1.165, 1.54) is 0 Å². The van der Waals surface area contributed by atoms with Crippen LogP contribution in [0, 0.1) is 6.92 Å². The highest BCUT2D eigenvalue weighted by atomic mass is 16.7. The molecule has 0 bridgehead atoms. The summed E-state index contributed by atoms with van der Waals surface area (Å²) in [6.07, 6.45) is 2.76. The van der Waals surface area contributed by atoms with Gasteiger partial charge in [0.2, 0.25) is 0 Å². The van der Waals surface area contributed by atoms with E-state index in [4.69, 9.17) is 5.11 Å². The van der Waals surface area contributed by atoms with Crippen LogP contribution < -0.4 is 4.74 Å². The fraction of sp³-hybridized carbons (Fsp3) is 0.727. The van der Waals surface area contributed by atoms with Gasteiger partial charge in [0.25, 0.3) is 5.88 Å². The summed E-state index contributed by atoms with van der Waals surface area (Å²) in [7, 11) is 0. The number of hydrogen-bond donors (Lipinski definition) is 1. The predicted octanol–water partition coefficient (Wildman–Crippen LogP) is 2.78. The number of rotatable bonds is 6. The van der Waals surface area contributed by atoms with Crippen molar-refractivity contribution in [3.8, 4) is 5.88 Å². The van der Waals surface area contributed by atoms with Crippen molar-refractivity contribution >= 4 is 6.16 Å². The van der Waals surface area contributed by atoms with Crippen LogP contribution in [0.2, 0.25) is 0 Å². The Labute approximate surface area is 101 Å². The van der Waals surface area contributed by atoms with Crippen molar-refractivity contribution in [3.05, 3.63) is 5.69 Å². The summed E-state index contributed by atoms with van der Waals surface area (Å²) < 4.78 is 6.32. The van der Waals surface area contributed by atoms with Crippen molar-refractivity contribution in [1.82, 2.24) is 15.0 Å². The van der Waals surface area contributed by atoms with Gasteiger partial charge in [-0.05, 0) is 19.8 Å². The van der Waals surface area contributed by atoms with Crippen LogP contribution in [0.1, 0.15) is 51.3 Å². The summed E-state index contributed by atoms with van der Waals surface area (Å²) in [5.74, 6) is 0.0784. The molecule has 0 aliphatic heterocycles. The van der Waals surface area contributed by atoms with Gasteiger partial charge in [-0.3, -0.25) is 0 Å². The molecule has 96 valence electrons. The topological polar surface area (TPSA) is 77.2 Å². The Morgan fingerprint density at radius 1 is 1.41 bits per heavy atom. The van der Waals surface area contributed by atoms with Crippen LogP contribution in [0.25, 0.3) is 0 Å². The van der Waals surface area contributed by atoms with Gasteiger partial charge in [-0.2, -0.15) is 0 Å². The highest BCUT2D eigenvalue weighted by Gasteiger charge is 2.18. The minimum Gasteiger partial charge on any atom is -0.449 e. The van der Waals surface area contributed by atoms with Crippen LogP contribution in [0.4, 0.5) is 4.79 Å². The smallest absolute Gasteiger partial charge is 0.449 e. The molecule has 0 atom stereocenters. The molecule has 0 saturated heterocycles. The summed E-state index contributed by atoms with van der Waals surface area (Å²) in [6.45, 7) is 6.00. The zero-order valence-electron chi connectivity index (χ0n) is 10.5. The van der Waals surface area contributed by atoms with Crippen LogP contribution in [0.3, 0.4) is 0 Å². The van der Waals surface area contributed by atoms with Crippen LogP contribution in [0.15, 0.2) is 0 Å². The second kappa shape index (κ2) is 6.22. The fourth-order valence-electron chi connectivity index (χ4n) is 1.91. The molecule has 0 aromatic carbocycles. The molecule has 1 aromatic rings. The molecule has 1 heterocycles. The Bertz CT molecular complexity index is 370. The largest absolute Gasteiger partial charge is 0.512 e. The van der Waals surface area contributed by atoms with Crippen molar-refractivity contribution in [2.24, 2.45) is 0 Å². The third-order valence-electron chi connectivity index (χ3n) is 2.66. The first-order chi connectivity index (χ1) is 8.10. The maximum atomic E-state index is 10.5. The lowest BCUT2D eigenvalue weighted by Crippen LogP contribution is -2.12. The van der Waals surface area contributed by atoms with Gasteiger partial charge in [-0.1, -0.05) is 37.0 Å². The van der Waals surface area contributed by atoms with E-state index in [2.05, 4.69) is 28.9 Å². The van der Waals surface area contributed by atoms with Crippen molar-refractivity contribution in [3.63, 3.8) is 0 Å². The maximum Gasteiger partial charge on any atom is 0.512 e. The van der Waals surface area contributed by atoms with Gasteiger partial charge in [0, 0.05) is 0 Å².